The molecule has 148 valence electrons. The molecular weight excluding hydrogens is 395 g/mol. The van der Waals surface area contributed by atoms with Gasteiger partial charge in [0, 0.05) is 21.7 Å². The van der Waals surface area contributed by atoms with Crippen molar-refractivity contribution in [3.8, 4) is 11.1 Å². The van der Waals surface area contributed by atoms with Crippen LogP contribution in [-0.4, -0.2) is 0 Å². The first-order valence-electron chi connectivity index (χ1n) is 6.25. The molecule has 0 aromatic heterocycles. The third-order valence-electron chi connectivity index (χ3n) is 3.20. The van der Waals surface area contributed by atoms with Gasteiger partial charge in [-0.15, -0.1) is 36.8 Å². The largest absolute Gasteiger partial charge is 0.358 e. The van der Waals surface area contributed by atoms with Crippen molar-refractivity contribution >= 4 is 24.8 Å². The van der Waals surface area contributed by atoms with Crippen LogP contribution in [-0.2, 0) is 28.1 Å². The van der Waals surface area contributed by atoms with Gasteiger partial charge in [0.25, 0.3) is 0 Å². The van der Waals surface area contributed by atoms with E-state index in [4.69, 9.17) is 0 Å². The molecular formula is C23H31Cl2Ti-7. The normalized spacial score (nSPS) is 9.54. The van der Waals surface area contributed by atoms with Crippen molar-refractivity contribution < 1.29 is 21.7 Å². The number of rotatable bonds is 0. The van der Waals surface area contributed by atoms with Gasteiger partial charge in [-0.2, -0.15) is 35.9 Å². The van der Waals surface area contributed by atoms with E-state index < -0.39 is 0 Å². The number of hydrogen-bond donors (Lipinski definition) is 0. The predicted octanol–water partition coefficient (Wildman–Crippen LogP) is 7.46. The number of hydrogen-bond acceptors (Lipinski definition) is 0. The summed E-state index contributed by atoms with van der Waals surface area (Å²) in [4.78, 5) is 0. The maximum absolute atomic E-state index is 3.30. The molecule has 0 saturated carbocycles. The van der Waals surface area contributed by atoms with Crippen molar-refractivity contribution in [1.29, 1.82) is 0 Å². The molecule has 0 spiro atoms. The Morgan fingerprint density at radius 3 is 1.92 bits per heavy atom. The summed E-state index contributed by atoms with van der Waals surface area (Å²) in [5.74, 6) is 0. The Bertz CT molecular complexity index is 566. The van der Waals surface area contributed by atoms with Crippen LogP contribution < -0.4 is 0 Å². The summed E-state index contributed by atoms with van der Waals surface area (Å²) in [6.45, 7) is 0. The molecule has 4 rings (SSSR count). The summed E-state index contributed by atoms with van der Waals surface area (Å²) < 4.78 is 0. The van der Waals surface area contributed by atoms with E-state index >= 15 is 0 Å². The van der Waals surface area contributed by atoms with Gasteiger partial charge in [0.15, 0.2) is 0 Å². The van der Waals surface area contributed by atoms with Crippen LogP contribution in [0.25, 0.3) is 11.1 Å². The number of halogens is 2. The molecule has 0 bridgehead atoms. The first kappa shape index (κ1) is 40.0. The maximum Gasteiger partial charge on any atom is 0 e. The molecule has 3 heteroatoms. The fourth-order valence-corrected chi connectivity index (χ4v) is 2.34. The smallest absolute Gasteiger partial charge is 0 e. The Balaban J connectivity index is -0.0000000696. The molecule has 2 aromatic rings. The van der Waals surface area contributed by atoms with Crippen LogP contribution in [0.15, 0.2) is 60.7 Å². The van der Waals surface area contributed by atoms with Gasteiger partial charge in [0.2, 0.25) is 0 Å². The van der Waals surface area contributed by atoms with E-state index in [0.717, 1.165) is 12.8 Å². The SMILES string of the molecule is Cl.Cl.[C-]1=CC=CC1.[CH3-].[CH3-].[CH3-].[CH3-].[CH3-].[Ti].[c-]1cccc2c1Cc1ccccc1-2. The summed E-state index contributed by atoms with van der Waals surface area (Å²) in [5, 5.41) is 0. The van der Waals surface area contributed by atoms with Crippen LogP contribution in [0.2, 0.25) is 0 Å². The van der Waals surface area contributed by atoms with Crippen molar-refractivity contribution in [2.24, 2.45) is 0 Å². The van der Waals surface area contributed by atoms with Gasteiger partial charge in [-0.25, -0.2) is 12.2 Å². The molecule has 26 heavy (non-hydrogen) atoms. The second-order valence-electron chi connectivity index (χ2n) is 4.40. The first-order chi connectivity index (χ1) is 8.95. The zero-order valence-electron chi connectivity index (χ0n) is 16.5. The minimum atomic E-state index is 0. The molecule has 2 aromatic carbocycles. The zero-order valence-corrected chi connectivity index (χ0v) is 19.7. The van der Waals surface area contributed by atoms with Crippen molar-refractivity contribution in [1.82, 2.24) is 0 Å². The summed E-state index contributed by atoms with van der Waals surface area (Å²) in [6.07, 6.45) is 11.0. The van der Waals surface area contributed by atoms with Gasteiger partial charge in [-0.3, -0.25) is 6.08 Å². The van der Waals surface area contributed by atoms with E-state index in [1.54, 1.807) is 0 Å². The van der Waals surface area contributed by atoms with Gasteiger partial charge in [-0.05, 0) is 6.42 Å². The molecule has 0 heterocycles. The summed E-state index contributed by atoms with van der Waals surface area (Å²) in [5.41, 5.74) is 5.51. The number of fused-ring (bicyclic) bond motifs is 3. The molecule has 0 radical (unpaired) electrons. The topological polar surface area (TPSA) is 0 Å². The van der Waals surface area contributed by atoms with Crippen LogP contribution in [0, 0.1) is 49.3 Å². The van der Waals surface area contributed by atoms with E-state index in [-0.39, 0.29) is 83.7 Å². The first-order valence-corrected chi connectivity index (χ1v) is 6.25. The Kier molecular flexibility index (Phi) is 31.6. The average Bonchev–Trinajstić information content (AvgIpc) is 3.10. The second-order valence-corrected chi connectivity index (χ2v) is 4.40. The van der Waals surface area contributed by atoms with Gasteiger partial charge >= 0.3 is 0 Å². The Hall–Kier alpha value is -0.786. The quantitative estimate of drug-likeness (QED) is 0.259. The minimum Gasteiger partial charge on any atom is -0.358 e. The molecule has 0 saturated heterocycles. The number of benzene rings is 2. The van der Waals surface area contributed by atoms with E-state index in [0.29, 0.717) is 0 Å². The molecule has 0 aliphatic heterocycles. The third-order valence-corrected chi connectivity index (χ3v) is 3.20. The van der Waals surface area contributed by atoms with Crippen LogP contribution in [0.3, 0.4) is 0 Å². The predicted molar refractivity (Wildman–Crippen MR) is 122 cm³/mol. The van der Waals surface area contributed by atoms with E-state index in [9.17, 15) is 0 Å². The fraction of sp³-hybridized carbons (Fsp3) is 0.0870. The zero-order chi connectivity index (χ0) is 12.2. The van der Waals surface area contributed by atoms with E-state index in [1.807, 2.05) is 18.2 Å². The number of allylic oxidation sites excluding steroid dienone is 4. The van der Waals surface area contributed by atoms with Gasteiger partial charge in [0.05, 0.1) is 0 Å². The van der Waals surface area contributed by atoms with E-state index in [2.05, 4.69) is 54.6 Å². The molecule has 2 aliphatic rings. The van der Waals surface area contributed by atoms with Crippen LogP contribution >= 0.6 is 24.8 Å². The van der Waals surface area contributed by atoms with Crippen LogP contribution in [0.1, 0.15) is 17.5 Å². The molecule has 0 unspecified atom stereocenters. The minimum absolute atomic E-state index is 0. The average molecular weight is 426 g/mol. The molecule has 0 atom stereocenters. The standard InChI is InChI=1S/C13H9.C5H5.5CH3.2ClH.Ti/c1-3-7-12-10(5-1)9-11-6-2-4-8-13(11)12;1-2-4-5-3-1;;;;;;;;/h1-5,7-8H,9H2;1-3H,4H2;5*1H3;2*1H;/q7*-1;;;. The molecule has 0 amide bonds. The Labute approximate surface area is 190 Å². The van der Waals surface area contributed by atoms with Crippen LogP contribution in [0.5, 0.6) is 0 Å². The molecule has 0 nitrogen and oxygen atoms in total. The maximum atomic E-state index is 3.30. The van der Waals surface area contributed by atoms with E-state index in [1.165, 1.54) is 22.3 Å². The second kappa shape index (κ2) is 20.5. The van der Waals surface area contributed by atoms with Crippen molar-refractivity contribution in [2.75, 3.05) is 0 Å². The Morgan fingerprint density at radius 1 is 0.769 bits per heavy atom. The van der Waals surface area contributed by atoms with Gasteiger partial charge in [0.1, 0.15) is 0 Å². The van der Waals surface area contributed by atoms with Crippen LogP contribution in [0.4, 0.5) is 0 Å². The monoisotopic (exact) mass is 425 g/mol. The van der Waals surface area contributed by atoms with Gasteiger partial charge in [-0.1, -0.05) is 35.4 Å². The summed E-state index contributed by atoms with van der Waals surface area (Å²) >= 11 is 0. The van der Waals surface area contributed by atoms with Crippen molar-refractivity contribution in [2.45, 2.75) is 12.8 Å². The molecule has 0 fully saturated rings. The van der Waals surface area contributed by atoms with Gasteiger partial charge < -0.3 is 37.1 Å². The van der Waals surface area contributed by atoms with Crippen molar-refractivity contribution in [3.63, 3.8) is 0 Å². The molecule has 0 N–H and O–H groups in total. The third kappa shape index (κ3) is 9.79. The van der Waals surface area contributed by atoms with Crippen molar-refractivity contribution in [3.05, 3.63) is 121 Å². The Morgan fingerprint density at radius 2 is 1.38 bits per heavy atom. The summed E-state index contributed by atoms with van der Waals surface area (Å²) in [7, 11) is 0. The summed E-state index contributed by atoms with van der Waals surface area (Å²) in [6, 6.07) is 18.1. The molecule has 2 aliphatic carbocycles. The fourth-order valence-electron chi connectivity index (χ4n) is 2.34.